The van der Waals surface area contributed by atoms with Gasteiger partial charge in [-0.05, 0) is 48.6 Å². The molecule has 0 bridgehead atoms. The topological polar surface area (TPSA) is 36.1 Å². The van der Waals surface area contributed by atoms with Crippen molar-refractivity contribution in [3.05, 3.63) is 71.9 Å². The fourth-order valence-electron chi connectivity index (χ4n) is 3.84. The molecule has 0 fully saturated rings. The molecule has 27 heavy (non-hydrogen) atoms. The molecule has 1 aromatic heterocycles. The van der Waals surface area contributed by atoms with E-state index in [1.165, 1.54) is 35.8 Å². The number of nitrogens with one attached hydrogen (secondary N) is 1. The largest absolute Gasteiger partial charge is 0.353 e. The number of aryl methyl sites for hydroxylation is 1. The van der Waals surface area contributed by atoms with Crippen molar-refractivity contribution < 1.29 is 4.21 Å². The van der Waals surface area contributed by atoms with Crippen molar-refractivity contribution in [1.82, 2.24) is 9.29 Å². The Balaban J connectivity index is 1.53. The summed E-state index contributed by atoms with van der Waals surface area (Å²) >= 11 is 0. The molecular formula is C23H26N2OS. The first kappa shape index (κ1) is 18.1. The van der Waals surface area contributed by atoms with Gasteiger partial charge < -0.3 is 4.98 Å². The second kappa shape index (κ2) is 7.73. The smallest absolute Gasteiger partial charge is 0.152 e. The summed E-state index contributed by atoms with van der Waals surface area (Å²) in [5, 5.41) is 1.25. The Morgan fingerprint density at radius 3 is 2.67 bits per heavy atom. The summed E-state index contributed by atoms with van der Waals surface area (Å²) in [6, 6.07) is 16.6. The molecule has 1 aliphatic heterocycles. The summed E-state index contributed by atoms with van der Waals surface area (Å²) in [6.45, 7) is 7.19. The third-order valence-corrected chi connectivity index (χ3v) is 6.84. The number of hydrogen-bond donors (Lipinski definition) is 1. The molecule has 2 heterocycles. The average Bonchev–Trinajstić information content (AvgIpc) is 3.08. The van der Waals surface area contributed by atoms with Crippen LogP contribution in [-0.2, 0) is 23.8 Å². The van der Waals surface area contributed by atoms with Gasteiger partial charge in [-0.25, -0.2) is 4.21 Å². The molecule has 0 radical (unpaired) electrons. The predicted octanol–water partition coefficient (Wildman–Crippen LogP) is 5.45. The second-order valence-corrected chi connectivity index (χ2v) is 8.58. The lowest BCUT2D eigenvalue weighted by Crippen LogP contribution is -2.30. The average molecular weight is 379 g/mol. The maximum Gasteiger partial charge on any atom is 0.152 e. The number of unbranched alkanes of at least 4 members (excludes halogenated alkanes) is 2. The molecule has 1 atom stereocenters. The lowest BCUT2D eigenvalue weighted by Gasteiger charge is -2.29. The van der Waals surface area contributed by atoms with E-state index >= 15 is 0 Å². The lowest BCUT2D eigenvalue weighted by molar-refractivity contribution is 0.566. The number of nitrogens with zero attached hydrogens (tertiary/aromatic N) is 1. The number of aromatic nitrogens is 1. The van der Waals surface area contributed by atoms with Crippen LogP contribution >= 0.6 is 0 Å². The van der Waals surface area contributed by atoms with E-state index in [0.717, 1.165) is 41.2 Å². The lowest BCUT2D eigenvalue weighted by atomic mass is 10.0. The van der Waals surface area contributed by atoms with Gasteiger partial charge in [-0.1, -0.05) is 56.7 Å². The van der Waals surface area contributed by atoms with Gasteiger partial charge in [0.05, 0.1) is 16.3 Å². The SMILES string of the molecule is C=C1c2[nH]c3ccccc3c2CCN1S(=O)c1ccc(CCCCC)cc1. The van der Waals surface area contributed by atoms with Crippen molar-refractivity contribution >= 4 is 27.6 Å². The number of fused-ring (bicyclic) bond motifs is 3. The van der Waals surface area contributed by atoms with E-state index in [4.69, 9.17) is 0 Å². The fraction of sp³-hybridized carbons (Fsp3) is 0.304. The van der Waals surface area contributed by atoms with Crippen molar-refractivity contribution in [1.29, 1.82) is 0 Å². The van der Waals surface area contributed by atoms with E-state index in [2.05, 4.69) is 48.8 Å². The van der Waals surface area contributed by atoms with Gasteiger partial charge in [0.2, 0.25) is 0 Å². The Morgan fingerprint density at radius 2 is 1.89 bits per heavy atom. The Hall–Kier alpha value is -2.33. The summed E-state index contributed by atoms with van der Waals surface area (Å²) in [5.74, 6) is 0. The van der Waals surface area contributed by atoms with Crippen molar-refractivity contribution in [2.45, 2.75) is 43.9 Å². The van der Waals surface area contributed by atoms with Crippen LogP contribution in [0.15, 0.2) is 60.0 Å². The molecule has 4 heteroatoms. The van der Waals surface area contributed by atoms with Crippen LogP contribution in [0.3, 0.4) is 0 Å². The predicted molar refractivity (Wildman–Crippen MR) is 114 cm³/mol. The maximum absolute atomic E-state index is 13.2. The molecule has 1 unspecified atom stereocenters. The molecule has 0 saturated carbocycles. The first-order chi connectivity index (χ1) is 13.2. The minimum Gasteiger partial charge on any atom is -0.353 e. The molecule has 1 aliphatic rings. The van der Waals surface area contributed by atoms with Crippen LogP contribution < -0.4 is 0 Å². The molecule has 2 aromatic carbocycles. The summed E-state index contributed by atoms with van der Waals surface area (Å²) < 4.78 is 15.1. The summed E-state index contributed by atoms with van der Waals surface area (Å²) in [4.78, 5) is 4.31. The van der Waals surface area contributed by atoms with E-state index in [1.807, 2.05) is 22.5 Å². The van der Waals surface area contributed by atoms with E-state index in [9.17, 15) is 4.21 Å². The number of benzene rings is 2. The van der Waals surface area contributed by atoms with E-state index in [1.54, 1.807) is 0 Å². The van der Waals surface area contributed by atoms with Gasteiger partial charge in [-0.3, -0.25) is 4.31 Å². The molecule has 0 spiro atoms. The van der Waals surface area contributed by atoms with Crippen LogP contribution in [0.1, 0.15) is 43.0 Å². The Bertz CT molecular complexity index is 987. The maximum atomic E-state index is 13.2. The monoisotopic (exact) mass is 378 g/mol. The Labute approximate surface area is 163 Å². The molecule has 1 N–H and O–H groups in total. The van der Waals surface area contributed by atoms with Crippen LogP contribution in [-0.4, -0.2) is 20.0 Å². The van der Waals surface area contributed by atoms with Gasteiger partial charge >= 0.3 is 0 Å². The summed E-state index contributed by atoms with van der Waals surface area (Å²) in [7, 11) is -1.23. The van der Waals surface area contributed by atoms with Gasteiger partial charge in [-0.2, -0.15) is 0 Å². The first-order valence-electron chi connectivity index (χ1n) is 9.76. The highest BCUT2D eigenvalue weighted by molar-refractivity contribution is 7.83. The highest BCUT2D eigenvalue weighted by Gasteiger charge is 2.27. The van der Waals surface area contributed by atoms with E-state index in [-0.39, 0.29) is 0 Å². The highest BCUT2D eigenvalue weighted by Crippen LogP contribution is 2.34. The zero-order valence-electron chi connectivity index (χ0n) is 15.8. The molecule has 3 aromatic rings. The number of H-pyrrole nitrogens is 1. The molecule has 0 amide bonds. The minimum atomic E-state index is -1.23. The van der Waals surface area contributed by atoms with Crippen molar-refractivity contribution in [3.63, 3.8) is 0 Å². The fourth-order valence-corrected chi connectivity index (χ4v) is 5.01. The Morgan fingerprint density at radius 1 is 1.11 bits per heavy atom. The molecule has 0 saturated heterocycles. The van der Waals surface area contributed by atoms with Gasteiger partial charge in [0.25, 0.3) is 0 Å². The molecule has 140 valence electrons. The van der Waals surface area contributed by atoms with Crippen LogP contribution in [0.25, 0.3) is 16.6 Å². The van der Waals surface area contributed by atoms with Crippen LogP contribution in [0.4, 0.5) is 0 Å². The van der Waals surface area contributed by atoms with Crippen LogP contribution in [0.2, 0.25) is 0 Å². The van der Waals surface area contributed by atoms with Gasteiger partial charge in [0.1, 0.15) is 0 Å². The minimum absolute atomic E-state index is 0.721. The molecule has 4 rings (SSSR count). The van der Waals surface area contributed by atoms with E-state index < -0.39 is 11.0 Å². The van der Waals surface area contributed by atoms with E-state index in [0.29, 0.717) is 0 Å². The van der Waals surface area contributed by atoms with Crippen molar-refractivity contribution in [2.75, 3.05) is 6.54 Å². The number of hydrogen-bond acceptors (Lipinski definition) is 1. The first-order valence-corrected chi connectivity index (χ1v) is 10.9. The number of para-hydroxylation sites is 1. The van der Waals surface area contributed by atoms with Crippen LogP contribution in [0.5, 0.6) is 0 Å². The molecule has 0 aliphatic carbocycles. The third-order valence-electron chi connectivity index (χ3n) is 5.36. The zero-order chi connectivity index (χ0) is 18.8. The van der Waals surface area contributed by atoms with Crippen molar-refractivity contribution in [3.8, 4) is 0 Å². The second-order valence-electron chi connectivity index (χ2n) is 7.17. The van der Waals surface area contributed by atoms with Crippen LogP contribution in [0, 0.1) is 0 Å². The summed E-state index contributed by atoms with van der Waals surface area (Å²) in [6.07, 6.45) is 5.67. The normalized spacial score (nSPS) is 15.1. The quantitative estimate of drug-likeness (QED) is 0.569. The molecule has 3 nitrogen and oxygen atoms in total. The number of rotatable bonds is 6. The van der Waals surface area contributed by atoms with Gasteiger partial charge in [-0.15, -0.1) is 0 Å². The zero-order valence-corrected chi connectivity index (χ0v) is 16.6. The summed E-state index contributed by atoms with van der Waals surface area (Å²) in [5.41, 5.74) is 5.56. The van der Waals surface area contributed by atoms with Gasteiger partial charge in [0, 0.05) is 17.4 Å². The standard InChI is InChI=1S/C23H26N2OS/c1-3-4-5-8-18-11-13-19(14-12-18)27(26)25-16-15-21-20-9-6-7-10-22(20)24-23(21)17(25)2/h6-7,9-14,24H,2-5,8,15-16H2,1H3. The number of aromatic amines is 1. The molecular weight excluding hydrogens is 352 g/mol. The third kappa shape index (κ3) is 3.46. The Kier molecular flexibility index (Phi) is 5.17. The van der Waals surface area contributed by atoms with Gasteiger partial charge in [0.15, 0.2) is 11.0 Å². The van der Waals surface area contributed by atoms with Crippen molar-refractivity contribution in [2.24, 2.45) is 0 Å². The highest BCUT2D eigenvalue weighted by atomic mass is 32.2.